The average molecular weight is 383 g/mol. The van der Waals surface area contributed by atoms with Crippen LogP contribution < -0.4 is 4.90 Å². The van der Waals surface area contributed by atoms with Crippen LogP contribution in [0.5, 0.6) is 0 Å². The van der Waals surface area contributed by atoms with Crippen molar-refractivity contribution >= 4 is 17.3 Å². The summed E-state index contributed by atoms with van der Waals surface area (Å²) in [6.45, 7) is 2.60. The van der Waals surface area contributed by atoms with Gasteiger partial charge in [0, 0.05) is 39.2 Å². The molecule has 1 aliphatic rings. The number of amides is 1. The molecule has 1 amide bonds. The normalized spacial score (nSPS) is 15.7. The summed E-state index contributed by atoms with van der Waals surface area (Å²) in [6, 6.07) is 14.5. The van der Waals surface area contributed by atoms with Gasteiger partial charge in [-0.1, -0.05) is 36.3 Å². The second-order valence-electron chi connectivity index (χ2n) is 7.17. The minimum absolute atomic E-state index is 0.0108. The average Bonchev–Trinajstić information content (AvgIpc) is 3.15. The number of benzene rings is 2. The SMILES string of the molecule is CCC(=O)N(Cc1cccc(F)c1)CC1CC(c2ccc(N(C)C)cc2)=NO1. The van der Waals surface area contributed by atoms with Crippen molar-refractivity contribution in [1.82, 2.24) is 4.90 Å². The van der Waals surface area contributed by atoms with E-state index in [-0.39, 0.29) is 17.8 Å². The van der Waals surface area contributed by atoms with Gasteiger partial charge in [-0.3, -0.25) is 4.79 Å². The largest absolute Gasteiger partial charge is 0.390 e. The Balaban J connectivity index is 1.64. The minimum Gasteiger partial charge on any atom is -0.390 e. The Morgan fingerprint density at radius 2 is 1.96 bits per heavy atom. The summed E-state index contributed by atoms with van der Waals surface area (Å²) in [6.07, 6.45) is 0.826. The first-order valence-electron chi connectivity index (χ1n) is 9.49. The molecule has 3 rings (SSSR count). The van der Waals surface area contributed by atoms with E-state index >= 15 is 0 Å². The van der Waals surface area contributed by atoms with Crippen molar-refractivity contribution in [3.05, 3.63) is 65.5 Å². The van der Waals surface area contributed by atoms with E-state index in [0.717, 1.165) is 22.5 Å². The lowest BCUT2D eigenvalue weighted by Crippen LogP contribution is -2.36. The maximum Gasteiger partial charge on any atom is 0.222 e. The van der Waals surface area contributed by atoms with Crippen LogP contribution >= 0.6 is 0 Å². The first-order valence-corrected chi connectivity index (χ1v) is 9.49. The Hall–Kier alpha value is -2.89. The molecule has 1 heterocycles. The molecule has 6 heteroatoms. The summed E-state index contributed by atoms with van der Waals surface area (Å²) >= 11 is 0. The first kappa shape index (κ1) is 19.9. The molecular formula is C22H26FN3O2. The molecule has 1 unspecified atom stereocenters. The fourth-order valence-corrected chi connectivity index (χ4v) is 3.23. The van der Waals surface area contributed by atoms with E-state index < -0.39 is 0 Å². The van der Waals surface area contributed by atoms with Gasteiger partial charge in [-0.15, -0.1) is 0 Å². The molecule has 0 radical (unpaired) electrons. The molecule has 0 aromatic heterocycles. The van der Waals surface area contributed by atoms with Crippen molar-refractivity contribution < 1.29 is 14.0 Å². The van der Waals surface area contributed by atoms with E-state index in [1.54, 1.807) is 11.0 Å². The molecule has 0 N–H and O–H groups in total. The van der Waals surface area contributed by atoms with E-state index in [0.29, 0.717) is 25.9 Å². The number of carbonyl (C=O) groups is 1. The summed E-state index contributed by atoms with van der Waals surface area (Å²) in [5.74, 6) is -0.290. The van der Waals surface area contributed by atoms with Gasteiger partial charge < -0.3 is 14.6 Å². The van der Waals surface area contributed by atoms with Gasteiger partial charge in [0.2, 0.25) is 5.91 Å². The van der Waals surface area contributed by atoms with Crippen LogP contribution in [0.25, 0.3) is 0 Å². The monoisotopic (exact) mass is 383 g/mol. The lowest BCUT2D eigenvalue weighted by Gasteiger charge is -2.24. The number of carbonyl (C=O) groups excluding carboxylic acids is 1. The zero-order chi connectivity index (χ0) is 20.1. The highest BCUT2D eigenvalue weighted by Crippen LogP contribution is 2.21. The molecule has 5 nitrogen and oxygen atoms in total. The lowest BCUT2D eigenvalue weighted by atomic mass is 10.0. The molecule has 148 valence electrons. The molecule has 0 bridgehead atoms. The molecule has 1 aliphatic heterocycles. The number of anilines is 1. The number of oxime groups is 1. The molecular weight excluding hydrogens is 357 g/mol. The highest BCUT2D eigenvalue weighted by atomic mass is 19.1. The van der Waals surface area contributed by atoms with Crippen LogP contribution in [0.4, 0.5) is 10.1 Å². The number of hydrogen-bond donors (Lipinski definition) is 0. The van der Waals surface area contributed by atoms with Crippen LogP contribution in [0.2, 0.25) is 0 Å². The van der Waals surface area contributed by atoms with Crippen molar-refractivity contribution in [2.75, 3.05) is 25.5 Å². The second kappa shape index (κ2) is 8.87. The van der Waals surface area contributed by atoms with E-state index in [2.05, 4.69) is 5.16 Å². The van der Waals surface area contributed by atoms with Crippen molar-refractivity contribution in [2.45, 2.75) is 32.4 Å². The summed E-state index contributed by atoms with van der Waals surface area (Å²) in [5, 5.41) is 4.23. The van der Waals surface area contributed by atoms with Gasteiger partial charge >= 0.3 is 0 Å². The second-order valence-corrected chi connectivity index (χ2v) is 7.17. The first-order chi connectivity index (χ1) is 13.5. The summed E-state index contributed by atoms with van der Waals surface area (Å²) in [7, 11) is 4.00. The third-order valence-corrected chi connectivity index (χ3v) is 4.79. The molecule has 2 aromatic carbocycles. The number of hydrogen-bond acceptors (Lipinski definition) is 4. The fraction of sp³-hybridized carbons (Fsp3) is 0.364. The van der Waals surface area contributed by atoms with Gasteiger partial charge in [-0.05, 0) is 35.4 Å². The van der Waals surface area contributed by atoms with E-state index in [9.17, 15) is 9.18 Å². The molecule has 0 saturated carbocycles. The topological polar surface area (TPSA) is 45.1 Å². The van der Waals surface area contributed by atoms with Crippen LogP contribution in [-0.4, -0.2) is 43.3 Å². The van der Waals surface area contributed by atoms with Crippen LogP contribution in [-0.2, 0) is 16.2 Å². The van der Waals surface area contributed by atoms with Gasteiger partial charge in [-0.25, -0.2) is 4.39 Å². The van der Waals surface area contributed by atoms with Gasteiger partial charge in [0.25, 0.3) is 0 Å². The summed E-state index contributed by atoms with van der Waals surface area (Å²) in [5.41, 5.74) is 3.78. The molecule has 2 aromatic rings. The van der Waals surface area contributed by atoms with E-state index in [1.807, 2.05) is 56.3 Å². The van der Waals surface area contributed by atoms with Gasteiger partial charge in [0.1, 0.15) is 5.82 Å². The lowest BCUT2D eigenvalue weighted by molar-refractivity contribution is -0.133. The van der Waals surface area contributed by atoms with Gasteiger partial charge in [-0.2, -0.15) is 0 Å². The summed E-state index contributed by atoms with van der Waals surface area (Å²) in [4.78, 5) is 21.7. The maximum atomic E-state index is 13.5. The summed E-state index contributed by atoms with van der Waals surface area (Å²) < 4.78 is 13.5. The quantitative estimate of drug-likeness (QED) is 0.730. The maximum absolute atomic E-state index is 13.5. The minimum atomic E-state index is -0.301. The van der Waals surface area contributed by atoms with Crippen molar-refractivity contribution in [3.8, 4) is 0 Å². The molecule has 0 spiro atoms. The predicted octanol–water partition coefficient (Wildman–Crippen LogP) is 3.82. The predicted molar refractivity (Wildman–Crippen MR) is 109 cm³/mol. The zero-order valence-corrected chi connectivity index (χ0v) is 16.6. The molecule has 0 aliphatic carbocycles. The Bertz CT molecular complexity index is 849. The standard InChI is InChI=1S/C22H26FN3O2/c1-4-22(27)26(14-16-6-5-7-18(23)12-16)15-20-13-21(24-28-20)17-8-10-19(11-9-17)25(2)3/h5-12,20H,4,13-15H2,1-3H3. The van der Waals surface area contributed by atoms with Crippen LogP contribution in [0.15, 0.2) is 53.7 Å². The number of nitrogens with zero attached hydrogens (tertiary/aromatic N) is 3. The smallest absolute Gasteiger partial charge is 0.222 e. The van der Waals surface area contributed by atoms with Crippen LogP contribution in [0.1, 0.15) is 30.9 Å². The van der Waals surface area contributed by atoms with Gasteiger partial charge in [0.05, 0.1) is 12.3 Å². The van der Waals surface area contributed by atoms with E-state index in [4.69, 9.17) is 4.84 Å². The van der Waals surface area contributed by atoms with Crippen molar-refractivity contribution in [1.29, 1.82) is 0 Å². The fourth-order valence-electron chi connectivity index (χ4n) is 3.23. The van der Waals surface area contributed by atoms with E-state index in [1.165, 1.54) is 12.1 Å². The number of rotatable bonds is 7. The number of halogens is 1. The van der Waals surface area contributed by atoms with Crippen LogP contribution in [0, 0.1) is 5.82 Å². The Kier molecular flexibility index (Phi) is 6.29. The molecule has 1 atom stereocenters. The third kappa shape index (κ3) is 4.88. The molecule has 28 heavy (non-hydrogen) atoms. The third-order valence-electron chi connectivity index (χ3n) is 4.79. The zero-order valence-electron chi connectivity index (χ0n) is 16.6. The van der Waals surface area contributed by atoms with Crippen LogP contribution in [0.3, 0.4) is 0 Å². The Labute approximate surface area is 165 Å². The highest BCUT2D eigenvalue weighted by Gasteiger charge is 2.26. The van der Waals surface area contributed by atoms with Crippen molar-refractivity contribution in [3.63, 3.8) is 0 Å². The van der Waals surface area contributed by atoms with Crippen molar-refractivity contribution in [2.24, 2.45) is 5.16 Å². The van der Waals surface area contributed by atoms with Gasteiger partial charge in [0.15, 0.2) is 6.10 Å². The molecule has 0 saturated heterocycles. The Morgan fingerprint density at radius 3 is 2.61 bits per heavy atom. The molecule has 0 fully saturated rings. The Morgan fingerprint density at radius 1 is 1.21 bits per heavy atom. The highest BCUT2D eigenvalue weighted by molar-refractivity contribution is 6.01.